The first-order chi connectivity index (χ1) is 6.41. The second-order valence-electron chi connectivity index (χ2n) is 2.84. The summed E-state index contributed by atoms with van der Waals surface area (Å²) in [6.45, 7) is 5.82. The average Bonchev–Trinajstić information content (AvgIpc) is 2.03. The molecule has 0 aromatic carbocycles. The molecular weight excluding hydrogens is 186 g/mol. The summed E-state index contributed by atoms with van der Waals surface area (Å²) < 4.78 is 4.70. The molecule has 80 valence electrons. The van der Waals surface area contributed by atoms with Gasteiger partial charge in [0.2, 0.25) is 11.8 Å². The quantitative estimate of drug-likeness (QED) is 0.617. The SMILES string of the molecule is CCOC(=O)[C@H](C)N(C(C)=O)C(C)=O. The monoisotopic (exact) mass is 201 g/mol. The molecule has 0 N–H and O–H groups in total. The number of esters is 1. The van der Waals surface area contributed by atoms with Crippen molar-refractivity contribution in [1.82, 2.24) is 4.90 Å². The fraction of sp³-hybridized carbons (Fsp3) is 0.667. The Labute approximate surface area is 83.0 Å². The average molecular weight is 201 g/mol. The van der Waals surface area contributed by atoms with E-state index in [1.807, 2.05) is 0 Å². The highest BCUT2D eigenvalue weighted by Gasteiger charge is 2.27. The van der Waals surface area contributed by atoms with Crippen molar-refractivity contribution in [1.29, 1.82) is 0 Å². The molecule has 2 amide bonds. The summed E-state index contributed by atoms with van der Waals surface area (Å²) in [6, 6.07) is -0.857. The van der Waals surface area contributed by atoms with Gasteiger partial charge in [0.1, 0.15) is 6.04 Å². The molecule has 0 aliphatic carbocycles. The standard InChI is InChI=1S/C9H15NO4/c1-5-14-9(13)6(2)10(7(3)11)8(4)12/h6H,5H2,1-4H3/t6-/m0/s1. The van der Waals surface area contributed by atoms with Crippen LogP contribution >= 0.6 is 0 Å². The maximum atomic E-state index is 11.2. The molecule has 0 saturated carbocycles. The van der Waals surface area contributed by atoms with E-state index >= 15 is 0 Å². The molecule has 0 fully saturated rings. The van der Waals surface area contributed by atoms with Crippen molar-refractivity contribution in [2.24, 2.45) is 0 Å². The number of carbonyl (C=O) groups is 3. The summed E-state index contributed by atoms with van der Waals surface area (Å²) >= 11 is 0. The van der Waals surface area contributed by atoms with E-state index in [0.717, 1.165) is 4.90 Å². The third kappa shape index (κ3) is 3.16. The van der Waals surface area contributed by atoms with Crippen LogP contribution in [0.25, 0.3) is 0 Å². The largest absolute Gasteiger partial charge is 0.464 e. The lowest BCUT2D eigenvalue weighted by Crippen LogP contribution is -2.45. The van der Waals surface area contributed by atoms with Crippen LogP contribution in [0.15, 0.2) is 0 Å². The van der Waals surface area contributed by atoms with Gasteiger partial charge >= 0.3 is 5.97 Å². The molecule has 5 nitrogen and oxygen atoms in total. The van der Waals surface area contributed by atoms with Crippen LogP contribution in [0.5, 0.6) is 0 Å². The minimum Gasteiger partial charge on any atom is -0.464 e. The Bertz CT molecular complexity index is 235. The highest BCUT2D eigenvalue weighted by Crippen LogP contribution is 2.02. The number of hydrogen-bond donors (Lipinski definition) is 0. The predicted molar refractivity (Wildman–Crippen MR) is 49.3 cm³/mol. The molecular formula is C9H15NO4. The normalized spacial score (nSPS) is 11.7. The fourth-order valence-electron chi connectivity index (χ4n) is 1.14. The number of carbonyl (C=O) groups excluding carboxylic acids is 3. The molecule has 0 aliphatic rings. The molecule has 0 aromatic heterocycles. The molecule has 0 bridgehead atoms. The van der Waals surface area contributed by atoms with E-state index in [1.165, 1.54) is 20.8 Å². The van der Waals surface area contributed by atoms with Crippen LogP contribution in [-0.2, 0) is 19.1 Å². The Hall–Kier alpha value is -1.39. The zero-order valence-electron chi connectivity index (χ0n) is 8.86. The number of nitrogens with zero attached hydrogens (tertiary/aromatic N) is 1. The number of imide groups is 1. The van der Waals surface area contributed by atoms with E-state index in [-0.39, 0.29) is 6.61 Å². The first kappa shape index (κ1) is 12.6. The predicted octanol–water partition coefficient (Wildman–Crippen LogP) is 0.333. The Morgan fingerprint density at radius 3 is 1.93 bits per heavy atom. The third-order valence-corrected chi connectivity index (χ3v) is 1.69. The van der Waals surface area contributed by atoms with E-state index in [1.54, 1.807) is 6.92 Å². The molecule has 5 heteroatoms. The van der Waals surface area contributed by atoms with Gasteiger partial charge in [0.05, 0.1) is 6.61 Å². The van der Waals surface area contributed by atoms with Gasteiger partial charge in [-0.1, -0.05) is 0 Å². The number of hydrogen-bond acceptors (Lipinski definition) is 4. The van der Waals surface area contributed by atoms with Crippen molar-refractivity contribution >= 4 is 17.8 Å². The zero-order chi connectivity index (χ0) is 11.3. The summed E-state index contributed by atoms with van der Waals surface area (Å²) in [5, 5.41) is 0. The Morgan fingerprint density at radius 2 is 1.64 bits per heavy atom. The molecule has 0 unspecified atom stereocenters. The molecule has 0 heterocycles. The lowest BCUT2D eigenvalue weighted by atomic mass is 10.3. The zero-order valence-corrected chi connectivity index (χ0v) is 8.86. The Kier molecular flexibility index (Phi) is 4.83. The van der Waals surface area contributed by atoms with E-state index in [2.05, 4.69) is 0 Å². The lowest BCUT2D eigenvalue weighted by molar-refractivity contribution is -0.158. The minimum atomic E-state index is -0.857. The summed E-state index contributed by atoms with van der Waals surface area (Å²) in [5.74, 6) is -1.49. The second-order valence-corrected chi connectivity index (χ2v) is 2.84. The number of rotatable bonds is 3. The third-order valence-electron chi connectivity index (χ3n) is 1.69. The Morgan fingerprint density at radius 1 is 1.21 bits per heavy atom. The lowest BCUT2D eigenvalue weighted by Gasteiger charge is -2.22. The van der Waals surface area contributed by atoms with Gasteiger partial charge in [-0.2, -0.15) is 0 Å². The molecule has 14 heavy (non-hydrogen) atoms. The molecule has 0 rings (SSSR count). The van der Waals surface area contributed by atoms with Crippen molar-refractivity contribution in [2.75, 3.05) is 6.61 Å². The van der Waals surface area contributed by atoms with Crippen molar-refractivity contribution < 1.29 is 19.1 Å². The molecule has 0 aliphatic heterocycles. The van der Waals surface area contributed by atoms with Gasteiger partial charge < -0.3 is 4.74 Å². The van der Waals surface area contributed by atoms with Gasteiger partial charge in [-0.05, 0) is 13.8 Å². The first-order valence-corrected chi connectivity index (χ1v) is 4.38. The van der Waals surface area contributed by atoms with Gasteiger partial charge in [-0.3, -0.25) is 14.5 Å². The van der Waals surface area contributed by atoms with Crippen molar-refractivity contribution in [3.8, 4) is 0 Å². The van der Waals surface area contributed by atoms with E-state index in [4.69, 9.17) is 4.74 Å². The minimum absolute atomic E-state index is 0.229. The summed E-state index contributed by atoms with van der Waals surface area (Å²) in [5.41, 5.74) is 0. The summed E-state index contributed by atoms with van der Waals surface area (Å²) in [7, 11) is 0. The van der Waals surface area contributed by atoms with Gasteiger partial charge in [0, 0.05) is 13.8 Å². The molecule has 0 aromatic rings. The van der Waals surface area contributed by atoms with Crippen LogP contribution in [0.1, 0.15) is 27.7 Å². The van der Waals surface area contributed by atoms with Crippen LogP contribution in [0.4, 0.5) is 0 Å². The maximum absolute atomic E-state index is 11.2. The highest BCUT2D eigenvalue weighted by atomic mass is 16.5. The van der Waals surface area contributed by atoms with E-state index < -0.39 is 23.8 Å². The van der Waals surface area contributed by atoms with E-state index in [0.29, 0.717) is 0 Å². The smallest absolute Gasteiger partial charge is 0.329 e. The number of ether oxygens (including phenoxy) is 1. The van der Waals surface area contributed by atoms with Crippen LogP contribution in [-0.4, -0.2) is 35.3 Å². The van der Waals surface area contributed by atoms with Crippen molar-refractivity contribution in [3.05, 3.63) is 0 Å². The molecule has 0 saturated heterocycles. The number of amides is 2. The van der Waals surface area contributed by atoms with Gasteiger partial charge in [-0.15, -0.1) is 0 Å². The summed E-state index contributed by atoms with van der Waals surface area (Å²) in [4.78, 5) is 34.2. The first-order valence-electron chi connectivity index (χ1n) is 4.38. The molecule has 0 spiro atoms. The fourth-order valence-corrected chi connectivity index (χ4v) is 1.14. The molecule has 0 radical (unpaired) electrons. The Balaban J connectivity index is 4.59. The van der Waals surface area contributed by atoms with Gasteiger partial charge in [0.25, 0.3) is 0 Å². The van der Waals surface area contributed by atoms with Gasteiger partial charge in [-0.25, -0.2) is 4.79 Å². The maximum Gasteiger partial charge on any atom is 0.329 e. The van der Waals surface area contributed by atoms with Crippen molar-refractivity contribution in [3.63, 3.8) is 0 Å². The van der Waals surface area contributed by atoms with Crippen LogP contribution in [0.2, 0.25) is 0 Å². The summed E-state index contributed by atoms with van der Waals surface area (Å²) in [6.07, 6.45) is 0. The van der Waals surface area contributed by atoms with Crippen molar-refractivity contribution in [2.45, 2.75) is 33.7 Å². The second kappa shape index (κ2) is 5.36. The van der Waals surface area contributed by atoms with Crippen LogP contribution < -0.4 is 0 Å². The van der Waals surface area contributed by atoms with Gasteiger partial charge in [0.15, 0.2) is 0 Å². The van der Waals surface area contributed by atoms with Crippen LogP contribution in [0.3, 0.4) is 0 Å². The van der Waals surface area contributed by atoms with E-state index in [9.17, 15) is 14.4 Å². The van der Waals surface area contributed by atoms with Crippen LogP contribution in [0, 0.1) is 0 Å². The topological polar surface area (TPSA) is 63.7 Å². The highest BCUT2D eigenvalue weighted by molar-refractivity contribution is 5.97. The molecule has 1 atom stereocenters.